The Labute approximate surface area is 184 Å². The van der Waals surface area contributed by atoms with Crippen molar-refractivity contribution in [1.29, 1.82) is 0 Å². The summed E-state index contributed by atoms with van der Waals surface area (Å²) in [5.41, 5.74) is -1.16. The molecule has 0 aliphatic heterocycles. The standard InChI is InChI=1S/C23H25F3N2O4/c1-31-19-13-18(23(24,25)26)17(12-20(19)32-14-15-8-4-2-5-9-15)21(29)28-22(30)27-16-10-6-3-7-11-16/h2,4-5,8-9,12-13,16H,3,6-7,10-11,14H2,1H3,(H2,27,28,29,30). The van der Waals surface area contributed by atoms with Gasteiger partial charge in [0, 0.05) is 6.04 Å². The summed E-state index contributed by atoms with van der Waals surface area (Å²) >= 11 is 0. The number of alkyl halides is 3. The molecule has 0 atom stereocenters. The van der Waals surface area contributed by atoms with Gasteiger partial charge in [-0.25, -0.2) is 4.79 Å². The van der Waals surface area contributed by atoms with Gasteiger partial charge in [-0.2, -0.15) is 13.2 Å². The van der Waals surface area contributed by atoms with Crippen LogP contribution >= 0.6 is 0 Å². The van der Waals surface area contributed by atoms with Crippen LogP contribution in [0.15, 0.2) is 42.5 Å². The first-order chi connectivity index (χ1) is 15.3. The number of nitrogens with one attached hydrogen (secondary N) is 2. The summed E-state index contributed by atoms with van der Waals surface area (Å²) in [6.45, 7) is 0.0613. The minimum absolute atomic E-state index is 0.0396. The zero-order valence-corrected chi connectivity index (χ0v) is 17.6. The van der Waals surface area contributed by atoms with Crippen molar-refractivity contribution in [2.75, 3.05) is 7.11 Å². The number of rotatable bonds is 6. The van der Waals surface area contributed by atoms with E-state index >= 15 is 0 Å². The summed E-state index contributed by atoms with van der Waals surface area (Å²) < 4.78 is 51.6. The fourth-order valence-electron chi connectivity index (χ4n) is 3.63. The third-order valence-corrected chi connectivity index (χ3v) is 5.26. The molecule has 2 aromatic rings. The maximum absolute atomic E-state index is 13.6. The van der Waals surface area contributed by atoms with Crippen LogP contribution < -0.4 is 20.1 Å². The Bertz CT molecular complexity index is 942. The lowest BCUT2D eigenvalue weighted by atomic mass is 9.96. The van der Waals surface area contributed by atoms with Gasteiger partial charge < -0.3 is 14.8 Å². The van der Waals surface area contributed by atoms with Crippen LogP contribution in [-0.2, 0) is 12.8 Å². The van der Waals surface area contributed by atoms with Crippen molar-refractivity contribution in [3.63, 3.8) is 0 Å². The molecule has 2 aromatic carbocycles. The van der Waals surface area contributed by atoms with Gasteiger partial charge in [0.2, 0.25) is 0 Å². The molecule has 0 bridgehead atoms. The Morgan fingerprint density at radius 2 is 1.72 bits per heavy atom. The first-order valence-corrected chi connectivity index (χ1v) is 10.4. The molecule has 0 heterocycles. The highest BCUT2D eigenvalue weighted by Crippen LogP contribution is 2.39. The van der Waals surface area contributed by atoms with E-state index in [0.29, 0.717) is 6.07 Å². The van der Waals surface area contributed by atoms with Crippen LogP contribution in [0.3, 0.4) is 0 Å². The number of hydrogen-bond donors (Lipinski definition) is 2. The SMILES string of the molecule is COc1cc(C(F)(F)F)c(C(=O)NC(=O)NC2CCCCC2)cc1OCc1ccccc1. The van der Waals surface area contributed by atoms with Gasteiger partial charge in [-0.3, -0.25) is 10.1 Å². The fraction of sp³-hybridized carbons (Fsp3) is 0.391. The molecule has 3 rings (SSSR count). The van der Waals surface area contributed by atoms with Crippen molar-refractivity contribution in [3.05, 3.63) is 59.2 Å². The third kappa shape index (κ3) is 6.15. The monoisotopic (exact) mass is 450 g/mol. The minimum atomic E-state index is -4.84. The van der Waals surface area contributed by atoms with Crippen LogP contribution in [0.25, 0.3) is 0 Å². The predicted molar refractivity (Wildman–Crippen MR) is 112 cm³/mol. The number of hydrogen-bond acceptors (Lipinski definition) is 4. The lowest BCUT2D eigenvalue weighted by Crippen LogP contribution is -2.45. The molecular formula is C23H25F3N2O4. The lowest BCUT2D eigenvalue weighted by molar-refractivity contribution is -0.138. The second-order valence-corrected chi connectivity index (χ2v) is 7.58. The number of ether oxygens (including phenoxy) is 2. The van der Waals surface area contributed by atoms with E-state index in [-0.39, 0.29) is 24.1 Å². The van der Waals surface area contributed by atoms with E-state index in [1.54, 1.807) is 24.3 Å². The van der Waals surface area contributed by atoms with Gasteiger partial charge in [0.25, 0.3) is 5.91 Å². The highest BCUT2D eigenvalue weighted by molar-refractivity contribution is 6.05. The average Bonchev–Trinajstić information content (AvgIpc) is 2.77. The van der Waals surface area contributed by atoms with Gasteiger partial charge in [0.1, 0.15) is 6.61 Å². The Morgan fingerprint density at radius 3 is 2.34 bits per heavy atom. The van der Waals surface area contributed by atoms with Gasteiger partial charge in [-0.05, 0) is 30.5 Å². The molecule has 32 heavy (non-hydrogen) atoms. The first kappa shape index (κ1) is 23.4. The molecule has 1 saturated carbocycles. The molecule has 2 N–H and O–H groups in total. The molecular weight excluding hydrogens is 425 g/mol. The number of methoxy groups -OCH3 is 1. The van der Waals surface area contributed by atoms with Crippen molar-refractivity contribution >= 4 is 11.9 Å². The van der Waals surface area contributed by atoms with Gasteiger partial charge in [0.05, 0.1) is 18.2 Å². The number of carbonyl (C=O) groups is 2. The number of urea groups is 1. The molecule has 172 valence electrons. The summed E-state index contributed by atoms with van der Waals surface area (Å²) in [7, 11) is 1.21. The molecule has 0 aromatic heterocycles. The molecule has 9 heteroatoms. The van der Waals surface area contributed by atoms with E-state index < -0.39 is 29.2 Å². The number of imide groups is 1. The number of benzene rings is 2. The fourth-order valence-corrected chi connectivity index (χ4v) is 3.63. The Hall–Kier alpha value is -3.23. The van der Waals surface area contributed by atoms with Crippen LogP contribution in [0.4, 0.5) is 18.0 Å². The summed E-state index contributed by atoms with van der Waals surface area (Å²) in [4.78, 5) is 24.8. The van der Waals surface area contributed by atoms with Crippen LogP contribution in [0, 0.1) is 0 Å². The largest absolute Gasteiger partial charge is 0.493 e. The summed E-state index contributed by atoms with van der Waals surface area (Å²) in [6.07, 6.45) is -0.302. The normalized spacial score (nSPS) is 14.5. The smallest absolute Gasteiger partial charge is 0.417 e. The maximum Gasteiger partial charge on any atom is 0.417 e. The van der Waals surface area contributed by atoms with Crippen molar-refractivity contribution < 1.29 is 32.2 Å². The average molecular weight is 450 g/mol. The maximum atomic E-state index is 13.6. The zero-order chi connectivity index (χ0) is 23.1. The summed E-state index contributed by atoms with van der Waals surface area (Å²) in [5, 5.41) is 4.66. The van der Waals surface area contributed by atoms with E-state index in [0.717, 1.165) is 43.7 Å². The molecule has 1 aliphatic rings. The van der Waals surface area contributed by atoms with Crippen LogP contribution in [-0.4, -0.2) is 25.1 Å². The van der Waals surface area contributed by atoms with Crippen molar-refractivity contribution in [1.82, 2.24) is 10.6 Å². The minimum Gasteiger partial charge on any atom is -0.493 e. The Morgan fingerprint density at radius 1 is 1.03 bits per heavy atom. The van der Waals surface area contributed by atoms with Crippen LogP contribution in [0.5, 0.6) is 11.5 Å². The third-order valence-electron chi connectivity index (χ3n) is 5.26. The second kappa shape index (κ2) is 10.4. The summed E-state index contributed by atoms with van der Waals surface area (Å²) in [6, 6.07) is 9.74. The van der Waals surface area contributed by atoms with Crippen molar-refractivity contribution in [2.45, 2.75) is 50.9 Å². The second-order valence-electron chi connectivity index (χ2n) is 7.58. The number of amides is 3. The lowest BCUT2D eigenvalue weighted by Gasteiger charge is -2.23. The Kier molecular flexibility index (Phi) is 7.61. The van der Waals surface area contributed by atoms with E-state index in [2.05, 4.69) is 5.32 Å². The predicted octanol–water partition coefficient (Wildman–Crippen LogP) is 5.07. The topological polar surface area (TPSA) is 76.7 Å². The number of carbonyl (C=O) groups excluding carboxylic acids is 2. The van der Waals surface area contributed by atoms with Crippen molar-refractivity contribution in [3.8, 4) is 11.5 Å². The molecule has 1 fully saturated rings. The molecule has 0 spiro atoms. The van der Waals surface area contributed by atoms with Gasteiger partial charge >= 0.3 is 12.2 Å². The quantitative estimate of drug-likeness (QED) is 0.645. The van der Waals surface area contributed by atoms with Crippen LogP contribution in [0.2, 0.25) is 0 Å². The molecule has 0 unspecified atom stereocenters. The highest BCUT2D eigenvalue weighted by atomic mass is 19.4. The van der Waals surface area contributed by atoms with Crippen molar-refractivity contribution in [2.24, 2.45) is 0 Å². The molecule has 6 nitrogen and oxygen atoms in total. The van der Waals surface area contributed by atoms with E-state index in [1.807, 2.05) is 11.4 Å². The van der Waals surface area contributed by atoms with Gasteiger partial charge in [-0.15, -0.1) is 0 Å². The van der Waals surface area contributed by atoms with E-state index in [1.165, 1.54) is 7.11 Å². The van der Waals surface area contributed by atoms with Crippen LogP contribution in [0.1, 0.15) is 53.6 Å². The van der Waals surface area contributed by atoms with E-state index in [4.69, 9.17) is 9.47 Å². The molecule has 1 aliphatic carbocycles. The van der Waals surface area contributed by atoms with E-state index in [9.17, 15) is 22.8 Å². The molecule has 3 amide bonds. The highest BCUT2D eigenvalue weighted by Gasteiger charge is 2.37. The zero-order valence-electron chi connectivity index (χ0n) is 17.6. The van der Waals surface area contributed by atoms with Gasteiger partial charge in [0.15, 0.2) is 11.5 Å². The number of halogens is 3. The molecule has 0 radical (unpaired) electrons. The summed E-state index contributed by atoms with van der Waals surface area (Å²) in [5.74, 6) is -1.38. The first-order valence-electron chi connectivity index (χ1n) is 10.4. The molecule has 0 saturated heterocycles. The Balaban J connectivity index is 1.82. The van der Waals surface area contributed by atoms with Gasteiger partial charge in [-0.1, -0.05) is 49.6 Å².